The second-order valence-corrected chi connectivity index (χ2v) is 4.69. The SMILES string of the molecule is CCC[CH]Cc1ccccc1[S+](C)[O-]. The Morgan fingerprint density at radius 2 is 2.07 bits per heavy atom. The number of unbranched alkanes of at least 4 members (excludes halogenated alkanes) is 2. The van der Waals surface area contributed by atoms with Crippen molar-refractivity contribution in [3.63, 3.8) is 0 Å². The third kappa shape index (κ3) is 3.35. The standard InChI is InChI=1S/C12H17OS/c1-3-4-5-8-11-9-6-7-10-12(11)14(2)13/h5-7,9-10H,3-4,8H2,1-2H3. The van der Waals surface area contributed by atoms with Crippen LogP contribution in [-0.2, 0) is 17.6 Å². The van der Waals surface area contributed by atoms with Crippen molar-refractivity contribution in [1.29, 1.82) is 0 Å². The summed E-state index contributed by atoms with van der Waals surface area (Å²) in [5.41, 5.74) is 1.20. The Labute approximate surface area is 89.7 Å². The lowest BCUT2D eigenvalue weighted by molar-refractivity contribution is 0.599. The van der Waals surface area contributed by atoms with Gasteiger partial charge in [0.05, 0.1) is 0 Å². The van der Waals surface area contributed by atoms with Crippen molar-refractivity contribution in [1.82, 2.24) is 0 Å². The quantitative estimate of drug-likeness (QED) is 0.540. The van der Waals surface area contributed by atoms with Gasteiger partial charge in [-0.1, -0.05) is 38.0 Å². The van der Waals surface area contributed by atoms with Crippen LogP contribution in [0.25, 0.3) is 0 Å². The molecule has 0 aromatic heterocycles. The second-order valence-electron chi connectivity index (χ2n) is 3.34. The topological polar surface area (TPSA) is 23.1 Å². The molecule has 2 heteroatoms. The molecule has 1 radical (unpaired) electrons. The highest BCUT2D eigenvalue weighted by molar-refractivity contribution is 7.90. The minimum Gasteiger partial charge on any atom is -0.612 e. The van der Waals surface area contributed by atoms with Crippen LogP contribution in [0.3, 0.4) is 0 Å². The maximum Gasteiger partial charge on any atom is 0.155 e. The van der Waals surface area contributed by atoms with Gasteiger partial charge in [-0.15, -0.1) is 0 Å². The van der Waals surface area contributed by atoms with Crippen LogP contribution >= 0.6 is 0 Å². The zero-order chi connectivity index (χ0) is 10.4. The Morgan fingerprint density at radius 3 is 2.71 bits per heavy atom. The molecule has 1 aromatic carbocycles. The highest BCUT2D eigenvalue weighted by Crippen LogP contribution is 2.17. The van der Waals surface area contributed by atoms with Gasteiger partial charge in [-0.05, 0) is 30.1 Å². The van der Waals surface area contributed by atoms with Gasteiger partial charge in [0.2, 0.25) is 0 Å². The molecule has 0 saturated carbocycles. The lowest BCUT2D eigenvalue weighted by Crippen LogP contribution is -2.02. The van der Waals surface area contributed by atoms with Crippen LogP contribution < -0.4 is 0 Å². The highest BCUT2D eigenvalue weighted by atomic mass is 32.2. The summed E-state index contributed by atoms with van der Waals surface area (Å²) in [6, 6.07) is 7.96. The number of hydrogen-bond donors (Lipinski definition) is 0. The van der Waals surface area contributed by atoms with E-state index in [2.05, 4.69) is 19.4 Å². The first-order chi connectivity index (χ1) is 6.75. The van der Waals surface area contributed by atoms with Crippen molar-refractivity contribution < 1.29 is 4.55 Å². The summed E-state index contributed by atoms with van der Waals surface area (Å²) < 4.78 is 11.4. The van der Waals surface area contributed by atoms with E-state index in [4.69, 9.17) is 0 Å². The van der Waals surface area contributed by atoms with Crippen LogP contribution in [0.15, 0.2) is 29.2 Å². The summed E-state index contributed by atoms with van der Waals surface area (Å²) in [5.74, 6) is 0. The lowest BCUT2D eigenvalue weighted by Gasteiger charge is -2.09. The van der Waals surface area contributed by atoms with Crippen LogP contribution in [0.4, 0.5) is 0 Å². The Morgan fingerprint density at radius 1 is 1.36 bits per heavy atom. The molecular formula is C12H17OS. The van der Waals surface area contributed by atoms with Gasteiger partial charge in [0.15, 0.2) is 4.90 Å². The summed E-state index contributed by atoms with van der Waals surface area (Å²) in [4.78, 5) is 0.972. The molecule has 1 nitrogen and oxygen atoms in total. The minimum absolute atomic E-state index is 0.866. The molecule has 77 valence electrons. The molecule has 0 saturated heterocycles. The maximum atomic E-state index is 11.4. The molecule has 0 bridgehead atoms. The molecule has 0 aliphatic carbocycles. The van der Waals surface area contributed by atoms with Gasteiger partial charge in [-0.3, -0.25) is 0 Å². The largest absolute Gasteiger partial charge is 0.612 e. The molecule has 1 atom stereocenters. The molecule has 1 aromatic rings. The Bertz CT molecular complexity index is 271. The van der Waals surface area contributed by atoms with Gasteiger partial charge in [-0.2, -0.15) is 0 Å². The van der Waals surface area contributed by atoms with Crippen molar-refractivity contribution in [3.8, 4) is 0 Å². The summed E-state index contributed by atoms with van der Waals surface area (Å²) in [5, 5.41) is 0. The van der Waals surface area contributed by atoms with Crippen LogP contribution in [0.5, 0.6) is 0 Å². The van der Waals surface area contributed by atoms with Crippen molar-refractivity contribution >= 4 is 11.2 Å². The predicted molar refractivity (Wildman–Crippen MR) is 61.7 cm³/mol. The normalized spacial score (nSPS) is 12.8. The fraction of sp³-hybridized carbons (Fsp3) is 0.417. The van der Waals surface area contributed by atoms with E-state index >= 15 is 0 Å². The van der Waals surface area contributed by atoms with Crippen LogP contribution in [0, 0.1) is 6.42 Å². The highest BCUT2D eigenvalue weighted by Gasteiger charge is 2.09. The summed E-state index contributed by atoms with van der Waals surface area (Å²) >= 11 is -0.866. The molecule has 0 fully saturated rings. The average Bonchev–Trinajstić information content (AvgIpc) is 2.19. The number of rotatable bonds is 5. The van der Waals surface area contributed by atoms with Gasteiger partial charge in [0.1, 0.15) is 6.26 Å². The Hall–Kier alpha value is -0.470. The molecular weight excluding hydrogens is 192 g/mol. The molecule has 0 spiro atoms. The van der Waals surface area contributed by atoms with Crippen LogP contribution in [-0.4, -0.2) is 10.8 Å². The Balaban J connectivity index is 2.64. The molecule has 0 aliphatic rings. The van der Waals surface area contributed by atoms with Crippen molar-refractivity contribution in [2.45, 2.75) is 31.1 Å². The van der Waals surface area contributed by atoms with Crippen molar-refractivity contribution in [2.75, 3.05) is 6.26 Å². The first-order valence-electron chi connectivity index (χ1n) is 4.98. The molecule has 1 rings (SSSR count). The predicted octanol–water partition coefficient (Wildman–Crippen LogP) is 2.97. The van der Waals surface area contributed by atoms with Crippen molar-refractivity contribution in [3.05, 3.63) is 36.2 Å². The van der Waals surface area contributed by atoms with Gasteiger partial charge in [0.25, 0.3) is 0 Å². The molecule has 0 amide bonds. The molecule has 0 N–H and O–H groups in total. The first kappa shape index (κ1) is 11.6. The van der Waals surface area contributed by atoms with E-state index in [1.807, 2.05) is 18.2 Å². The molecule has 0 heterocycles. The van der Waals surface area contributed by atoms with Crippen LogP contribution in [0.1, 0.15) is 25.3 Å². The van der Waals surface area contributed by atoms with E-state index < -0.39 is 11.2 Å². The third-order valence-electron chi connectivity index (χ3n) is 2.14. The number of hydrogen-bond acceptors (Lipinski definition) is 1. The molecule has 1 unspecified atom stereocenters. The maximum absolute atomic E-state index is 11.4. The average molecular weight is 209 g/mol. The lowest BCUT2D eigenvalue weighted by atomic mass is 10.1. The van der Waals surface area contributed by atoms with E-state index in [9.17, 15) is 4.55 Å². The van der Waals surface area contributed by atoms with E-state index in [0.29, 0.717) is 0 Å². The minimum atomic E-state index is -0.866. The molecule has 0 aliphatic heterocycles. The second kappa shape index (κ2) is 6.10. The Kier molecular flexibility index (Phi) is 5.05. The molecule has 14 heavy (non-hydrogen) atoms. The smallest absolute Gasteiger partial charge is 0.155 e. The van der Waals surface area contributed by atoms with Gasteiger partial charge in [0, 0.05) is 5.56 Å². The fourth-order valence-electron chi connectivity index (χ4n) is 1.41. The monoisotopic (exact) mass is 209 g/mol. The zero-order valence-electron chi connectivity index (χ0n) is 8.82. The summed E-state index contributed by atoms with van der Waals surface area (Å²) in [7, 11) is 0. The van der Waals surface area contributed by atoms with E-state index in [1.165, 1.54) is 12.0 Å². The van der Waals surface area contributed by atoms with E-state index in [0.717, 1.165) is 17.7 Å². The van der Waals surface area contributed by atoms with Gasteiger partial charge in [-0.25, -0.2) is 0 Å². The van der Waals surface area contributed by atoms with E-state index in [-0.39, 0.29) is 0 Å². The van der Waals surface area contributed by atoms with Gasteiger partial charge >= 0.3 is 0 Å². The third-order valence-corrected chi connectivity index (χ3v) is 3.16. The number of benzene rings is 1. The first-order valence-corrected chi connectivity index (χ1v) is 6.54. The summed E-state index contributed by atoms with van der Waals surface area (Å²) in [6.07, 6.45) is 7.23. The van der Waals surface area contributed by atoms with Crippen molar-refractivity contribution in [2.24, 2.45) is 0 Å². The zero-order valence-corrected chi connectivity index (χ0v) is 9.64. The fourth-order valence-corrected chi connectivity index (χ4v) is 2.21. The van der Waals surface area contributed by atoms with Crippen LogP contribution in [0.2, 0.25) is 0 Å². The van der Waals surface area contributed by atoms with E-state index in [1.54, 1.807) is 6.26 Å². The van der Waals surface area contributed by atoms with Gasteiger partial charge < -0.3 is 4.55 Å². The summed E-state index contributed by atoms with van der Waals surface area (Å²) in [6.45, 7) is 2.17.